The number of ether oxygens (including phenoxy) is 4. The van der Waals surface area contributed by atoms with Crippen LogP contribution < -0.4 is 20.7 Å². The molecule has 0 radical (unpaired) electrons. The lowest BCUT2D eigenvalue weighted by atomic mass is 9.64. The van der Waals surface area contributed by atoms with Crippen LogP contribution in [-0.2, 0) is 25.4 Å². The second-order valence-corrected chi connectivity index (χ2v) is 20.9. The second-order valence-electron chi connectivity index (χ2n) is 15.3. The van der Waals surface area contributed by atoms with Crippen LogP contribution in [0.3, 0.4) is 0 Å². The predicted molar refractivity (Wildman–Crippen MR) is 201 cm³/mol. The van der Waals surface area contributed by atoms with Crippen LogP contribution in [0, 0.1) is 6.92 Å². The standard InChI is InChI=1S/C40H50N2O9Si/c1-26-23-42(36(46)41-35(26)45)38(25-50-27(2)43)24-39(47,52(8,9)37(3,4)5)34(51-38)33(44)40(28-13-11-10-12-14-28,29-15-19-31(48-6)20-16-29)30-17-21-32(49-7)22-18-30/h10-23,33-34,44,47H,24-25H2,1-9H3,(H,41,45,46)/t33?,34-,38+,39-/m1/s1. The first kappa shape index (κ1) is 38.7. The number of aryl methyl sites for hydroxylation is 1. The van der Waals surface area contributed by atoms with E-state index in [1.54, 1.807) is 21.1 Å². The lowest BCUT2D eigenvalue weighted by Crippen LogP contribution is -2.68. The number of aliphatic hydroxyl groups is 2. The van der Waals surface area contributed by atoms with E-state index in [1.807, 2.05) is 113 Å². The molecule has 4 aromatic rings. The van der Waals surface area contributed by atoms with E-state index in [9.17, 15) is 24.6 Å². The number of aliphatic hydroxyl groups excluding tert-OH is 1. The number of nitrogens with zero attached hydrogens (tertiary/aromatic N) is 1. The van der Waals surface area contributed by atoms with Gasteiger partial charge in [0.1, 0.15) is 30.3 Å². The van der Waals surface area contributed by atoms with Crippen molar-refractivity contribution in [2.24, 2.45) is 0 Å². The van der Waals surface area contributed by atoms with Crippen LogP contribution in [0.2, 0.25) is 18.1 Å². The highest BCUT2D eigenvalue weighted by Crippen LogP contribution is 2.57. The fraction of sp³-hybridized carbons (Fsp3) is 0.425. The van der Waals surface area contributed by atoms with E-state index >= 15 is 0 Å². The highest BCUT2D eigenvalue weighted by atomic mass is 28.3. The number of aromatic amines is 1. The molecule has 0 saturated carbocycles. The Morgan fingerprint density at radius 1 is 0.942 bits per heavy atom. The van der Waals surface area contributed by atoms with Gasteiger partial charge in [0.25, 0.3) is 5.56 Å². The third-order valence-electron chi connectivity index (χ3n) is 11.4. The molecule has 1 saturated heterocycles. The van der Waals surface area contributed by atoms with E-state index in [1.165, 1.54) is 17.7 Å². The Morgan fingerprint density at radius 2 is 1.44 bits per heavy atom. The van der Waals surface area contributed by atoms with Gasteiger partial charge in [-0.05, 0) is 52.9 Å². The second kappa shape index (κ2) is 14.1. The molecule has 52 heavy (non-hydrogen) atoms. The van der Waals surface area contributed by atoms with Crippen molar-refractivity contribution in [1.29, 1.82) is 0 Å². The minimum atomic E-state index is -3.05. The van der Waals surface area contributed by atoms with Crippen LogP contribution in [0.15, 0.2) is 94.6 Å². The van der Waals surface area contributed by atoms with E-state index in [0.29, 0.717) is 28.2 Å². The predicted octanol–water partition coefficient (Wildman–Crippen LogP) is 5.04. The molecule has 4 atom stereocenters. The Kier molecular flexibility index (Phi) is 10.5. The summed E-state index contributed by atoms with van der Waals surface area (Å²) in [7, 11) is 0.102. The SMILES string of the molecule is COc1ccc(C(c2ccccc2)(c2ccc(OC)cc2)C(O)[C@H]2O[C@@](COC(C)=O)(n3cc(C)c(=O)[nH]c3=O)C[C@@]2(O)[Si](C)(C)C(C)(C)C)cc1. The zero-order valence-electron chi connectivity index (χ0n) is 31.4. The molecule has 1 fully saturated rings. The Labute approximate surface area is 305 Å². The summed E-state index contributed by atoms with van der Waals surface area (Å²) in [6.07, 6.45) is -1.79. The van der Waals surface area contributed by atoms with E-state index in [4.69, 9.17) is 18.9 Å². The zero-order chi connectivity index (χ0) is 38.3. The van der Waals surface area contributed by atoms with Gasteiger partial charge in [0, 0.05) is 25.1 Å². The first-order valence-electron chi connectivity index (χ1n) is 17.3. The Balaban J connectivity index is 1.90. The normalized spacial score (nSPS) is 21.4. The van der Waals surface area contributed by atoms with Gasteiger partial charge in [0.15, 0.2) is 5.72 Å². The van der Waals surface area contributed by atoms with E-state index in [2.05, 4.69) is 4.98 Å². The third-order valence-corrected chi connectivity index (χ3v) is 17.8. The van der Waals surface area contributed by atoms with Gasteiger partial charge >= 0.3 is 11.7 Å². The van der Waals surface area contributed by atoms with Crippen LogP contribution in [0.25, 0.3) is 0 Å². The maximum atomic E-state index is 13.7. The smallest absolute Gasteiger partial charge is 0.330 e. The van der Waals surface area contributed by atoms with Crippen molar-refractivity contribution in [2.45, 2.75) is 87.7 Å². The lowest BCUT2D eigenvalue weighted by molar-refractivity contribution is -0.184. The van der Waals surface area contributed by atoms with Crippen molar-refractivity contribution < 1.29 is 34.0 Å². The fourth-order valence-electron chi connectivity index (χ4n) is 7.48. The fourth-order valence-corrected chi connectivity index (χ4v) is 10.4. The number of hydrogen-bond acceptors (Lipinski definition) is 9. The van der Waals surface area contributed by atoms with Crippen molar-refractivity contribution in [3.8, 4) is 11.5 Å². The Morgan fingerprint density at radius 3 is 1.90 bits per heavy atom. The molecule has 1 aliphatic heterocycles. The van der Waals surface area contributed by atoms with Crippen molar-refractivity contribution in [3.05, 3.63) is 128 Å². The molecule has 0 amide bonds. The number of esters is 1. The van der Waals surface area contributed by atoms with Crippen LogP contribution in [0.1, 0.15) is 56.4 Å². The van der Waals surface area contributed by atoms with E-state index < -0.39 is 65.5 Å². The molecule has 1 unspecified atom stereocenters. The number of aromatic nitrogens is 2. The third kappa shape index (κ3) is 6.42. The molecule has 11 nitrogen and oxygen atoms in total. The first-order valence-corrected chi connectivity index (χ1v) is 20.3. The molecule has 5 rings (SSSR count). The largest absolute Gasteiger partial charge is 0.497 e. The summed E-state index contributed by atoms with van der Waals surface area (Å²) in [4.78, 5) is 41.0. The lowest BCUT2D eigenvalue weighted by Gasteiger charge is -2.52. The van der Waals surface area contributed by atoms with Gasteiger partial charge in [-0.1, -0.05) is 88.5 Å². The molecule has 1 aliphatic rings. The van der Waals surface area contributed by atoms with Crippen LogP contribution in [0.4, 0.5) is 0 Å². The molecule has 0 bridgehead atoms. The minimum Gasteiger partial charge on any atom is -0.497 e. The van der Waals surface area contributed by atoms with Gasteiger partial charge in [0.05, 0.1) is 32.9 Å². The van der Waals surface area contributed by atoms with Gasteiger partial charge in [-0.2, -0.15) is 0 Å². The summed E-state index contributed by atoms with van der Waals surface area (Å²) in [5, 5.41) is 24.8. The number of methoxy groups -OCH3 is 2. The van der Waals surface area contributed by atoms with Crippen LogP contribution in [-0.4, -0.2) is 72.1 Å². The maximum absolute atomic E-state index is 13.7. The molecule has 0 aliphatic carbocycles. The molecule has 2 heterocycles. The van der Waals surface area contributed by atoms with Crippen molar-refractivity contribution >= 4 is 14.0 Å². The van der Waals surface area contributed by atoms with Crippen LogP contribution in [0.5, 0.6) is 11.5 Å². The van der Waals surface area contributed by atoms with Crippen molar-refractivity contribution in [2.75, 3.05) is 20.8 Å². The molecule has 3 aromatic carbocycles. The average Bonchev–Trinajstić information content (AvgIpc) is 3.44. The molecular formula is C40H50N2O9Si. The number of carbonyl (C=O) groups excluding carboxylic acids is 1. The minimum absolute atomic E-state index is 0.209. The summed E-state index contributed by atoms with van der Waals surface area (Å²) in [5.41, 5.74) is -2.36. The topological polar surface area (TPSA) is 149 Å². The van der Waals surface area contributed by atoms with Gasteiger partial charge in [-0.25, -0.2) is 4.79 Å². The maximum Gasteiger partial charge on any atom is 0.330 e. The summed E-state index contributed by atoms with van der Waals surface area (Å²) < 4.78 is 24.8. The summed E-state index contributed by atoms with van der Waals surface area (Å²) in [5.74, 6) is 0.586. The number of hydrogen-bond donors (Lipinski definition) is 3. The quantitative estimate of drug-likeness (QED) is 0.110. The molecule has 3 N–H and O–H groups in total. The van der Waals surface area contributed by atoms with E-state index in [-0.39, 0.29) is 12.0 Å². The highest BCUT2D eigenvalue weighted by molar-refractivity contribution is 6.83. The van der Waals surface area contributed by atoms with Crippen molar-refractivity contribution in [3.63, 3.8) is 0 Å². The number of carbonyl (C=O) groups is 1. The first-order chi connectivity index (χ1) is 24.4. The average molecular weight is 731 g/mol. The van der Waals surface area contributed by atoms with E-state index in [0.717, 1.165) is 0 Å². The van der Waals surface area contributed by atoms with Crippen LogP contribution >= 0.6 is 0 Å². The Bertz CT molecular complexity index is 1950. The molecule has 0 spiro atoms. The number of H-pyrrole nitrogens is 1. The van der Waals surface area contributed by atoms with Crippen molar-refractivity contribution in [1.82, 2.24) is 9.55 Å². The number of nitrogens with one attached hydrogen (secondary N) is 1. The summed E-state index contributed by atoms with van der Waals surface area (Å²) >= 11 is 0. The summed E-state index contributed by atoms with van der Waals surface area (Å²) in [6.45, 7) is 12.5. The van der Waals surface area contributed by atoms with Gasteiger partial charge in [0.2, 0.25) is 0 Å². The van der Waals surface area contributed by atoms with Gasteiger partial charge < -0.3 is 29.2 Å². The zero-order valence-corrected chi connectivity index (χ0v) is 32.4. The van der Waals surface area contributed by atoms with Gasteiger partial charge in [-0.15, -0.1) is 0 Å². The summed E-state index contributed by atoms with van der Waals surface area (Å²) in [6, 6.07) is 24.2. The molecular weight excluding hydrogens is 681 g/mol. The monoisotopic (exact) mass is 730 g/mol. The highest BCUT2D eigenvalue weighted by Gasteiger charge is 2.70. The molecule has 1 aromatic heterocycles. The molecule has 12 heteroatoms. The number of benzene rings is 3. The number of rotatable bonds is 11. The molecule has 278 valence electrons. The Hall–Kier alpha value is -4.49. The van der Waals surface area contributed by atoms with Gasteiger partial charge in [-0.3, -0.25) is 19.1 Å².